The number of rotatable bonds is 6. The van der Waals surface area contributed by atoms with E-state index in [1.54, 1.807) is 0 Å². The summed E-state index contributed by atoms with van der Waals surface area (Å²) in [5.41, 5.74) is 10.8. The number of hydrogen-bond acceptors (Lipinski definition) is 4. The molecule has 0 atom stereocenters. The molecule has 0 saturated carbocycles. The lowest BCUT2D eigenvalue weighted by Crippen LogP contribution is -2.10. The van der Waals surface area contributed by atoms with E-state index in [9.17, 15) is 0 Å². The molecule has 0 unspecified atom stereocenters. The molecule has 122 valence electrons. The van der Waals surface area contributed by atoms with Gasteiger partial charge < -0.3 is 11.1 Å². The van der Waals surface area contributed by atoms with Crippen molar-refractivity contribution in [1.29, 1.82) is 0 Å². The van der Waals surface area contributed by atoms with E-state index in [1.807, 2.05) is 36.5 Å². The molecule has 3 rings (SSSR count). The topological polar surface area (TPSA) is 63.8 Å². The van der Waals surface area contributed by atoms with Crippen LogP contribution in [0, 0.1) is 6.92 Å². The minimum absolute atomic E-state index is 0.662. The number of benzene rings is 2. The molecule has 0 aliphatic heterocycles. The Bertz CT molecular complexity index is 800. The quantitative estimate of drug-likeness (QED) is 0.677. The Hall–Kier alpha value is -2.72. The van der Waals surface area contributed by atoms with Gasteiger partial charge in [-0.15, -0.1) is 0 Å². The molecule has 2 aromatic carbocycles. The smallest absolute Gasteiger partial charge is 0.159 e. The van der Waals surface area contributed by atoms with Crippen LogP contribution in [-0.4, -0.2) is 23.1 Å². The maximum Gasteiger partial charge on any atom is 0.159 e. The van der Waals surface area contributed by atoms with Gasteiger partial charge >= 0.3 is 0 Å². The summed E-state index contributed by atoms with van der Waals surface area (Å²) in [6.07, 6.45) is 2.78. The van der Waals surface area contributed by atoms with Crippen LogP contribution in [0.5, 0.6) is 0 Å². The van der Waals surface area contributed by atoms with Gasteiger partial charge in [0.15, 0.2) is 5.82 Å². The van der Waals surface area contributed by atoms with Crippen molar-refractivity contribution in [2.24, 2.45) is 5.73 Å². The Morgan fingerprint density at radius 3 is 2.54 bits per heavy atom. The van der Waals surface area contributed by atoms with Crippen LogP contribution in [0.3, 0.4) is 0 Å². The molecule has 4 heteroatoms. The Morgan fingerprint density at radius 2 is 1.79 bits per heavy atom. The number of aryl methyl sites for hydroxylation is 1. The number of nitrogens with zero attached hydrogens (tertiary/aromatic N) is 2. The van der Waals surface area contributed by atoms with Crippen molar-refractivity contribution in [2.75, 3.05) is 18.4 Å². The fourth-order valence-electron chi connectivity index (χ4n) is 2.58. The van der Waals surface area contributed by atoms with Gasteiger partial charge in [-0.1, -0.05) is 54.1 Å². The highest BCUT2D eigenvalue weighted by molar-refractivity contribution is 5.76. The predicted octanol–water partition coefficient (Wildman–Crippen LogP) is 3.88. The van der Waals surface area contributed by atoms with Crippen LogP contribution >= 0.6 is 0 Å². The summed E-state index contributed by atoms with van der Waals surface area (Å²) < 4.78 is 0. The van der Waals surface area contributed by atoms with Gasteiger partial charge in [0.1, 0.15) is 0 Å². The van der Waals surface area contributed by atoms with Gasteiger partial charge in [-0.2, -0.15) is 0 Å². The largest absolute Gasteiger partial charge is 0.382 e. The molecule has 0 aliphatic rings. The molecule has 24 heavy (non-hydrogen) atoms. The number of nitrogens with two attached hydrogens (primary N) is 1. The zero-order valence-corrected chi connectivity index (χ0v) is 13.9. The van der Waals surface area contributed by atoms with Crippen molar-refractivity contribution < 1.29 is 0 Å². The van der Waals surface area contributed by atoms with Crippen LogP contribution in [0.15, 0.2) is 60.8 Å². The van der Waals surface area contributed by atoms with Gasteiger partial charge in [-0.05, 0) is 26.0 Å². The monoisotopic (exact) mass is 318 g/mol. The number of aromatic nitrogens is 2. The van der Waals surface area contributed by atoms with Crippen LogP contribution in [0.4, 0.5) is 5.69 Å². The molecule has 0 bridgehead atoms. The molecule has 0 radical (unpaired) electrons. The molecular weight excluding hydrogens is 296 g/mol. The summed E-state index contributed by atoms with van der Waals surface area (Å²) >= 11 is 0. The Balaban J connectivity index is 2.03. The summed E-state index contributed by atoms with van der Waals surface area (Å²) in [7, 11) is 0. The highest BCUT2D eigenvalue weighted by atomic mass is 15.0. The second-order valence-electron chi connectivity index (χ2n) is 5.76. The minimum Gasteiger partial charge on any atom is -0.382 e. The molecule has 0 aliphatic carbocycles. The number of anilines is 1. The summed E-state index contributed by atoms with van der Waals surface area (Å²) in [4.78, 5) is 9.36. The first-order valence-electron chi connectivity index (χ1n) is 8.21. The van der Waals surface area contributed by atoms with Gasteiger partial charge in [0.05, 0.1) is 17.6 Å². The number of nitrogens with one attached hydrogen (secondary N) is 1. The molecule has 1 heterocycles. The molecule has 3 N–H and O–H groups in total. The first-order chi connectivity index (χ1) is 11.8. The Morgan fingerprint density at radius 1 is 1.00 bits per heavy atom. The minimum atomic E-state index is 0.662. The van der Waals surface area contributed by atoms with Crippen LogP contribution in [0.2, 0.25) is 0 Å². The van der Waals surface area contributed by atoms with E-state index in [0.717, 1.165) is 41.3 Å². The van der Waals surface area contributed by atoms with Crippen LogP contribution in [-0.2, 0) is 0 Å². The summed E-state index contributed by atoms with van der Waals surface area (Å²) in [6, 6.07) is 18.4. The third kappa shape index (κ3) is 3.78. The molecule has 3 aromatic rings. The van der Waals surface area contributed by atoms with Gasteiger partial charge in [-0.25, -0.2) is 9.97 Å². The SMILES string of the molecule is Cc1cccc(-c2nc(-c3ccccc3)ncc2NCCCN)c1. The fraction of sp³-hybridized carbons (Fsp3) is 0.200. The molecule has 4 nitrogen and oxygen atoms in total. The van der Waals surface area contributed by atoms with Crippen LogP contribution in [0.25, 0.3) is 22.6 Å². The van der Waals surface area contributed by atoms with Gasteiger partial charge in [0, 0.05) is 17.7 Å². The number of hydrogen-bond donors (Lipinski definition) is 2. The predicted molar refractivity (Wildman–Crippen MR) is 99.8 cm³/mol. The molecular formula is C20H22N4. The van der Waals surface area contributed by atoms with E-state index in [4.69, 9.17) is 10.7 Å². The summed E-state index contributed by atoms with van der Waals surface area (Å²) in [5, 5.41) is 3.41. The van der Waals surface area contributed by atoms with E-state index in [1.165, 1.54) is 5.56 Å². The lowest BCUT2D eigenvalue weighted by Gasteiger charge is -2.13. The van der Waals surface area contributed by atoms with Crippen molar-refractivity contribution in [3.63, 3.8) is 0 Å². The zero-order valence-electron chi connectivity index (χ0n) is 13.9. The van der Waals surface area contributed by atoms with Crippen LogP contribution in [0.1, 0.15) is 12.0 Å². The third-order valence-corrected chi connectivity index (χ3v) is 3.81. The first-order valence-corrected chi connectivity index (χ1v) is 8.21. The van der Waals surface area contributed by atoms with Crippen molar-refractivity contribution in [3.8, 4) is 22.6 Å². The van der Waals surface area contributed by atoms with Crippen molar-refractivity contribution in [3.05, 3.63) is 66.4 Å². The third-order valence-electron chi connectivity index (χ3n) is 3.81. The second kappa shape index (κ2) is 7.70. The Kier molecular flexibility index (Phi) is 5.18. The first kappa shape index (κ1) is 16.1. The molecule has 1 aromatic heterocycles. The van der Waals surface area contributed by atoms with Gasteiger partial charge in [0.2, 0.25) is 0 Å². The van der Waals surface area contributed by atoms with Crippen LogP contribution < -0.4 is 11.1 Å². The fourth-order valence-corrected chi connectivity index (χ4v) is 2.58. The summed E-state index contributed by atoms with van der Waals surface area (Å²) in [6.45, 7) is 3.56. The highest BCUT2D eigenvalue weighted by Gasteiger charge is 2.11. The summed E-state index contributed by atoms with van der Waals surface area (Å²) in [5.74, 6) is 0.733. The average Bonchev–Trinajstić information content (AvgIpc) is 2.63. The lowest BCUT2D eigenvalue weighted by molar-refractivity contribution is 0.873. The molecule has 0 fully saturated rings. The maximum atomic E-state index is 5.59. The average molecular weight is 318 g/mol. The van der Waals surface area contributed by atoms with Crippen molar-refractivity contribution in [1.82, 2.24) is 9.97 Å². The van der Waals surface area contributed by atoms with E-state index in [2.05, 4.69) is 41.5 Å². The molecule has 0 spiro atoms. The van der Waals surface area contributed by atoms with E-state index in [-0.39, 0.29) is 0 Å². The van der Waals surface area contributed by atoms with Crippen molar-refractivity contribution >= 4 is 5.69 Å². The molecule has 0 amide bonds. The van der Waals surface area contributed by atoms with Gasteiger partial charge in [0.25, 0.3) is 0 Å². The van der Waals surface area contributed by atoms with Crippen molar-refractivity contribution in [2.45, 2.75) is 13.3 Å². The standard InChI is InChI=1S/C20H22N4/c1-15-7-5-10-17(13-15)19-18(22-12-6-11-21)14-23-20(24-19)16-8-3-2-4-9-16/h2-5,7-10,13-14,22H,6,11-12,21H2,1H3. The lowest BCUT2D eigenvalue weighted by atomic mass is 10.1. The highest BCUT2D eigenvalue weighted by Crippen LogP contribution is 2.28. The van der Waals surface area contributed by atoms with E-state index >= 15 is 0 Å². The second-order valence-corrected chi connectivity index (χ2v) is 5.76. The molecule has 0 saturated heterocycles. The zero-order chi connectivity index (χ0) is 16.8. The van der Waals surface area contributed by atoms with E-state index < -0.39 is 0 Å². The maximum absolute atomic E-state index is 5.59. The normalized spacial score (nSPS) is 10.6. The van der Waals surface area contributed by atoms with E-state index in [0.29, 0.717) is 6.54 Å². The Labute approximate surface area is 142 Å². The van der Waals surface area contributed by atoms with Gasteiger partial charge in [-0.3, -0.25) is 0 Å².